The summed E-state index contributed by atoms with van der Waals surface area (Å²) in [7, 11) is 1.81. The Bertz CT molecular complexity index is 1370. The van der Waals surface area contributed by atoms with Crippen molar-refractivity contribution in [2.75, 3.05) is 4.90 Å². The average Bonchev–Trinajstić information content (AvgIpc) is 3.49. The van der Waals surface area contributed by atoms with Crippen LogP contribution in [0, 0.1) is 6.92 Å². The molecule has 1 N–H and O–H groups in total. The molecule has 2 amide bonds. The predicted octanol–water partition coefficient (Wildman–Crippen LogP) is 4.30. The number of benzene rings is 2. The summed E-state index contributed by atoms with van der Waals surface area (Å²) >= 11 is 0. The van der Waals surface area contributed by atoms with Gasteiger partial charge in [0.1, 0.15) is 12.6 Å². The monoisotopic (exact) mass is 484 g/mol. The van der Waals surface area contributed by atoms with Gasteiger partial charge in [0.15, 0.2) is 5.82 Å². The molecule has 36 heavy (non-hydrogen) atoms. The Morgan fingerprint density at radius 3 is 2.56 bits per heavy atom. The quantitative estimate of drug-likeness (QED) is 0.424. The standard InChI is InChI=1S/C28H32N6O2/c1-20-10-6-7-13-22(20)27(28(36)30-21-11-4-3-5-12-21)34(25-16-17-32(2)31-25)26(35)18-33-19-29-23-14-8-9-15-24(23)33/h6-10,13-17,19,21,27H,3-5,11-12,18H2,1-2H3,(H,30,36). The number of aryl methyl sites for hydroxylation is 2. The molecule has 5 rings (SSSR count). The zero-order chi connectivity index (χ0) is 25.1. The molecule has 1 atom stereocenters. The highest BCUT2D eigenvalue weighted by atomic mass is 16.2. The molecular formula is C28H32N6O2. The minimum atomic E-state index is -0.842. The van der Waals surface area contributed by atoms with Gasteiger partial charge in [0.05, 0.1) is 17.4 Å². The molecule has 1 aliphatic rings. The topological polar surface area (TPSA) is 85.0 Å². The summed E-state index contributed by atoms with van der Waals surface area (Å²) in [5.41, 5.74) is 3.43. The fraction of sp³-hybridized carbons (Fsp3) is 0.357. The van der Waals surface area contributed by atoms with E-state index in [0.717, 1.165) is 47.8 Å². The molecule has 8 heteroatoms. The molecule has 0 bridgehead atoms. The molecule has 0 aliphatic heterocycles. The van der Waals surface area contributed by atoms with Crippen molar-refractivity contribution in [1.82, 2.24) is 24.6 Å². The van der Waals surface area contributed by atoms with Crippen LogP contribution in [0.4, 0.5) is 5.82 Å². The molecule has 0 radical (unpaired) electrons. The van der Waals surface area contributed by atoms with Crippen LogP contribution in [0.3, 0.4) is 0 Å². The number of nitrogens with zero attached hydrogens (tertiary/aromatic N) is 5. The third kappa shape index (κ3) is 4.89. The van der Waals surface area contributed by atoms with Crippen molar-refractivity contribution in [2.45, 2.75) is 57.7 Å². The highest BCUT2D eigenvalue weighted by Gasteiger charge is 2.36. The van der Waals surface area contributed by atoms with Gasteiger partial charge in [-0.3, -0.25) is 19.2 Å². The molecule has 2 heterocycles. The Hall–Kier alpha value is -3.94. The minimum absolute atomic E-state index is 0.0379. The number of para-hydroxylation sites is 2. The maximum atomic E-state index is 14.0. The number of anilines is 1. The van der Waals surface area contributed by atoms with E-state index in [1.165, 1.54) is 6.42 Å². The third-order valence-electron chi connectivity index (χ3n) is 6.99. The van der Waals surface area contributed by atoms with Gasteiger partial charge >= 0.3 is 0 Å². The normalized spacial score (nSPS) is 15.1. The van der Waals surface area contributed by atoms with Crippen LogP contribution in [0.5, 0.6) is 0 Å². The second kappa shape index (κ2) is 10.4. The fourth-order valence-corrected chi connectivity index (χ4v) is 5.11. The molecule has 1 aliphatic carbocycles. The number of hydrogen-bond acceptors (Lipinski definition) is 4. The van der Waals surface area contributed by atoms with Gasteiger partial charge in [-0.1, -0.05) is 55.7 Å². The van der Waals surface area contributed by atoms with Gasteiger partial charge in [0, 0.05) is 25.4 Å². The lowest BCUT2D eigenvalue weighted by atomic mass is 9.94. The number of nitrogens with one attached hydrogen (secondary N) is 1. The van der Waals surface area contributed by atoms with Gasteiger partial charge in [-0.15, -0.1) is 0 Å². The SMILES string of the molecule is Cc1ccccc1C(C(=O)NC1CCCCC1)N(C(=O)Cn1cnc2ccccc21)c1ccn(C)n1. The van der Waals surface area contributed by atoms with Crippen molar-refractivity contribution < 1.29 is 9.59 Å². The number of aromatic nitrogens is 4. The van der Waals surface area contributed by atoms with E-state index < -0.39 is 6.04 Å². The molecule has 2 aromatic heterocycles. The highest BCUT2D eigenvalue weighted by Crippen LogP contribution is 2.30. The lowest BCUT2D eigenvalue weighted by molar-refractivity contribution is -0.127. The molecule has 186 valence electrons. The van der Waals surface area contributed by atoms with E-state index in [1.807, 2.05) is 60.0 Å². The van der Waals surface area contributed by atoms with Crippen molar-refractivity contribution in [2.24, 2.45) is 7.05 Å². The van der Waals surface area contributed by atoms with Gasteiger partial charge in [0.25, 0.3) is 0 Å². The van der Waals surface area contributed by atoms with Crippen LogP contribution in [0.2, 0.25) is 0 Å². The summed E-state index contributed by atoms with van der Waals surface area (Å²) in [6.07, 6.45) is 8.80. The number of carbonyl (C=O) groups excluding carboxylic acids is 2. The molecule has 1 saturated carbocycles. The van der Waals surface area contributed by atoms with E-state index in [1.54, 1.807) is 35.2 Å². The lowest BCUT2D eigenvalue weighted by Crippen LogP contribution is -2.48. The predicted molar refractivity (Wildman–Crippen MR) is 139 cm³/mol. The number of rotatable bonds is 7. The largest absolute Gasteiger partial charge is 0.351 e. The van der Waals surface area contributed by atoms with E-state index in [9.17, 15) is 9.59 Å². The highest BCUT2D eigenvalue weighted by molar-refractivity contribution is 6.01. The molecule has 8 nitrogen and oxygen atoms in total. The van der Waals surface area contributed by atoms with Crippen molar-refractivity contribution in [3.05, 3.63) is 78.2 Å². The molecule has 4 aromatic rings. The summed E-state index contributed by atoms with van der Waals surface area (Å²) in [6, 6.07) is 16.5. The Kier molecular flexibility index (Phi) is 6.84. The van der Waals surface area contributed by atoms with Gasteiger partial charge in [-0.2, -0.15) is 5.10 Å². The minimum Gasteiger partial charge on any atom is -0.351 e. The Balaban J connectivity index is 1.55. The second-order valence-electron chi connectivity index (χ2n) is 9.58. The number of imidazole rings is 1. The van der Waals surface area contributed by atoms with Crippen LogP contribution in [-0.4, -0.2) is 37.2 Å². The van der Waals surface area contributed by atoms with Crippen LogP contribution >= 0.6 is 0 Å². The van der Waals surface area contributed by atoms with E-state index >= 15 is 0 Å². The average molecular weight is 485 g/mol. The van der Waals surface area contributed by atoms with Crippen LogP contribution in [0.1, 0.15) is 49.3 Å². The van der Waals surface area contributed by atoms with Crippen molar-refractivity contribution >= 4 is 28.7 Å². The lowest BCUT2D eigenvalue weighted by Gasteiger charge is -2.33. The van der Waals surface area contributed by atoms with Crippen molar-refractivity contribution in [1.29, 1.82) is 0 Å². The van der Waals surface area contributed by atoms with Gasteiger partial charge in [-0.05, 0) is 43.0 Å². The summed E-state index contributed by atoms with van der Waals surface area (Å²) in [6.45, 7) is 2.01. The van der Waals surface area contributed by atoms with E-state index in [4.69, 9.17) is 0 Å². The van der Waals surface area contributed by atoms with Gasteiger partial charge in [-0.25, -0.2) is 4.98 Å². The number of carbonyl (C=O) groups is 2. The van der Waals surface area contributed by atoms with Gasteiger partial charge in [0.2, 0.25) is 11.8 Å². The van der Waals surface area contributed by atoms with E-state index in [2.05, 4.69) is 15.4 Å². The maximum absolute atomic E-state index is 14.0. The van der Waals surface area contributed by atoms with Crippen molar-refractivity contribution in [3.8, 4) is 0 Å². The van der Waals surface area contributed by atoms with Crippen LogP contribution in [-0.2, 0) is 23.2 Å². The Morgan fingerprint density at radius 2 is 1.81 bits per heavy atom. The molecule has 1 fully saturated rings. The molecule has 0 saturated heterocycles. The zero-order valence-corrected chi connectivity index (χ0v) is 20.8. The summed E-state index contributed by atoms with van der Waals surface area (Å²) < 4.78 is 3.47. The van der Waals surface area contributed by atoms with Crippen LogP contribution in [0.15, 0.2) is 67.1 Å². The molecular weight excluding hydrogens is 452 g/mol. The summed E-state index contributed by atoms with van der Waals surface area (Å²) in [5, 5.41) is 7.80. The summed E-state index contributed by atoms with van der Waals surface area (Å²) in [5.74, 6) is 0.0357. The first-order valence-electron chi connectivity index (χ1n) is 12.6. The third-order valence-corrected chi connectivity index (χ3v) is 6.99. The van der Waals surface area contributed by atoms with E-state index in [-0.39, 0.29) is 24.4 Å². The smallest absolute Gasteiger partial charge is 0.249 e. The van der Waals surface area contributed by atoms with Gasteiger partial charge < -0.3 is 9.88 Å². The van der Waals surface area contributed by atoms with Crippen LogP contribution < -0.4 is 10.2 Å². The van der Waals surface area contributed by atoms with Crippen molar-refractivity contribution in [3.63, 3.8) is 0 Å². The Labute approximate surface area is 210 Å². The molecule has 1 unspecified atom stereocenters. The zero-order valence-electron chi connectivity index (χ0n) is 20.8. The second-order valence-corrected chi connectivity index (χ2v) is 9.58. The molecule has 2 aromatic carbocycles. The number of hydrogen-bond donors (Lipinski definition) is 1. The first-order chi connectivity index (χ1) is 17.5. The van der Waals surface area contributed by atoms with E-state index in [0.29, 0.717) is 5.82 Å². The maximum Gasteiger partial charge on any atom is 0.249 e. The number of fused-ring (bicyclic) bond motifs is 1. The first kappa shape index (κ1) is 23.8. The first-order valence-corrected chi connectivity index (χ1v) is 12.6. The number of amides is 2. The Morgan fingerprint density at radius 1 is 1.06 bits per heavy atom. The summed E-state index contributed by atoms with van der Waals surface area (Å²) in [4.78, 5) is 34.0. The fourth-order valence-electron chi connectivity index (χ4n) is 5.11. The molecule has 0 spiro atoms. The van der Waals surface area contributed by atoms with Crippen LogP contribution in [0.25, 0.3) is 11.0 Å².